The highest BCUT2D eigenvalue weighted by Gasteiger charge is 2.10. The standard InChI is InChI=1S/C7H14ClNO2/c1-5(6(2)10)9-7(11)3-4-8/h5-6,10H,3-4H2,1-2H3,(H,9,11). The van der Waals surface area contributed by atoms with Gasteiger partial charge >= 0.3 is 0 Å². The van der Waals surface area contributed by atoms with Crippen LogP contribution < -0.4 is 5.32 Å². The zero-order chi connectivity index (χ0) is 8.85. The van der Waals surface area contributed by atoms with Crippen LogP contribution in [0.3, 0.4) is 0 Å². The third-order valence-electron chi connectivity index (χ3n) is 1.43. The Balaban J connectivity index is 3.57. The van der Waals surface area contributed by atoms with Crippen molar-refractivity contribution in [3.63, 3.8) is 0 Å². The molecule has 0 fully saturated rings. The predicted molar refractivity (Wildman–Crippen MR) is 44.6 cm³/mol. The lowest BCUT2D eigenvalue weighted by Crippen LogP contribution is -2.39. The van der Waals surface area contributed by atoms with Crippen LogP contribution in [-0.4, -0.2) is 29.0 Å². The Kier molecular flexibility index (Phi) is 5.24. The molecule has 3 nitrogen and oxygen atoms in total. The van der Waals surface area contributed by atoms with Gasteiger partial charge in [0.05, 0.1) is 12.1 Å². The molecule has 0 aliphatic rings. The number of hydrogen-bond acceptors (Lipinski definition) is 2. The third-order valence-corrected chi connectivity index (χ3v) is 1.62. The van der Waals surface area contributed by atoms with Gasteiger partial charge in [0.1, 0.15) is 0 Å². The van der Waals surface area contributed by atoms with E-state index in [0.717, 1.165) is 0 Å². The van der Waals surface area contributed by atoms with Crippen molar-refractivity contribution in [1.82, 2.24) is 5.32 Å². The normalized spacial score (nSPS) is 15.6. The first-order valence-corrected chi connectivity index (χ1v) is 4.14. The first-order chi connectivity index (χ1) is 5.07. The first-order valence-electron chi connectivity index (χ1n) is 3.61. The van der Waals surface area contributed by atoms with Crippen LogP contribution in [0.5, 0.6) is 0 Å². The van der Waals surface area contributed by atoms with E-state index in [-0.39, 0.29) is 11.9 Å². The van der Waals surface area contributed by atoms with Gasteiger partial charge in [0.25, 0.3) is 0 Å². The van der Waals surface area contributed by atoms with Gasteiger partial charge in [-0.3, -0.25) is 4.79 Å². The molecule has 0 rings (SSSR count). The molecule has 66 valence electrons. The van der Waals surface area contributed by atoms with E-state index in [0.29, 0.717) is 12.3 Å². The molecule has 0 saturated heterocycles. The highest BCUT2D eigenvalue weighted by atomic mass is 35.5. The highest BCUT2D eigenvalue weighted by molar-refractivity contribution is 6.18. The van der Waals surface area contributed by atoms with Crippen molar-refractivity contribution in [2.45, 2.75) is 32.4 Å². The van der Waals surface area contributed by atoms with Gasteiger partial charge in [0.15, 0.2) is 0 Å². The molecule has 0 saturated carbocycles. The van der Waals surface area contributed by atoms with Gasteiger partial charge in [-0.2, -0.15) is 0 Å². The predicted octanol–water partition coefficient (Wildman–Crippen LogP) is 0.501. The number of hydrogen-bond donors (Lipinski definition) is 2. The van der Waals surface area contributed by atoms with E-state index in [9.17, 15) is 4.79 Å². The average molecular weight is 180 g/mol. The number of carbonyl (C=O) groups is 1. The number of alkyl halides is 1. The van der Waals surface area contributed by atoms with Crippen LogP contribution in [0.1, 0.15) is 20.3 Å². The molecule has 0 heterocycles. The Labute approximate surface area is 71.7 Å². The van der Waals surface area contributed by atoms with Crippen molar-refractivity contribution in [3.8, 4) is 0 Å². The summed E-state index contributed by atoms with van der Waals surface area (Å²) in [6, 6.07) is -0.203. The molecule has 0 spiro atoms. The lowest BCUT2D eigenvalue weighted by atomic mass is 10.2. The molecular formula is C7H14ClNO2. The van der Waals surface area contributed by atoms with Crippen LogP contribution in [0.4, 0.5) is 0 Å². The largest absolute Gasteiger partial charge is 0.391 e. The molecule has 2 N–H and O–H groups in total. The molecule has 0 aliphatic heterocycles. The minimum Gasteiger partial charge on any atom is -0.391 e. The Morgan fingerprint density at radius 1 is 1.64 bits per heavy atom. The number of amides is 1. The quantitative estimate of drug-likeness (QED) is 0.618. The van der Waals surface area contributed by atoms with Gasteiger partial charge in [-0.25, -0.2) is 0 Å². The molecule has 2 atom stereocenters. The maximum absolute atomic E-state index is 10.9. The summed E-state index contributed by atoms with van der Waals surface area (Å²) in [5, 5.41) is 11.6. The summed E-state index contributed by atoms with van der Waals surface area (Å²) in [5.41, 5.74) is 0. The molecule has 4 heteroatoms. The first kappa shape index (κ1) is 10.7. The van der Waals surface area contributed by atoms with Crippen LogP contribution in [0.25, 0.3) is 0 Å². The molecule has 0 radical (unpaired) electrons. The van der Waals surface area contributed by atoms with Crippen LogP contribution in [0.2, 0.25) is 0 Å². The van der Waals surface area contributed by atoms with Crippen molar-refractivity contribution >= 4 is 17.5 Å². The van der Waals surface area contributed by atoms with E-state index in [4.69, 9.17) is 16.7 Å². The van der Waals surface area contributed by atoms with Crippen LogP contribution in [-0.2, 0) is 4.79 Å². The summed E-state index contributed by atoms with van der Waals surface area (Å²) < 4.78 is 0. The summed E-state index contributed by atoms with van der Waals surface area (Å²) >= 11 is 5.34. The second kappa shape index (κ2) is 5.38. The number of rotatable bonds is 4. The van der Waals surface area contributed by atoms with Crippen molar-refractivity contribution < 1.29 is 9.90 Å². The molecule has 0 aliphatic carbocycles. The number of aliphatic hydroxyl groups is 1. The van der Waals surface area contributed by atoms with Crippen molar-refractivity contribution in [1.29, 1.82) is 0 Å². The molecule has 0 aromatic heterocycles. The van der Waals surface area contributed by atoms with Gasteiger partial charge in [0.2, 0.25) is 5.91 Å². The van der Waals surface area contributed by atoms with Crippen LogP contribution in [0, 0.1) is 0 Å². The van der Waals surface area contributed by atoms with E-state index in [1.54, 1.807) is 13.8 Å². The monoisotopic (exact) mass is 179 g/mol. The third kappa shape index (κ3) is 5.04. The number of aliphatic hydroxyl groups excluding tert-OH is 1. The Morgan fingerprint density at radius 2 is 2.18 bits per heavy atom. The second-order valence-corrected chi connectivity index (χ2v) is 2.91. The van der Waals surface area contributed by atoms with E-state index in [1.165, 1.54) is 0 Å². The number of carbonyl (C=O) groups excluding carboxylic acids is 1. The van der Waals surface area contributed by atoms with Crippen molar-refractivity contribution in [2.24, 2.45) is 0 Å². The average Bonchev–Trinajstić information content (AvgIpc) is 1.87. The van der Waals surface area contributed by atoms with Gasteiger partial charge in [-0.1, -0.05) is 0 Å². The zero-order valence-electron chi connectivity index (χ0n) is 6.80. The lowest BCUT2D eigenvalue weighted by molar-refractivity contribution is -0.122. The van der Waals surface area contributed by atoms with E-state index < -0.39 is 6.10 Å². The fraction of sp³-hybridized carbons (Fsp3) is 0.857. The highest BCUT2D eigenvalue weighted by Crippen LogP contribution is 1.92. The second-order valence-electron chi connectivity index (χ2n) is 2.54. The van der Waals surface area contributed by atoms with Gasteiger partial charge < -0.3 is 10.4 Å². The summed E-state index contributed by atoms with van der Waals surface area (Å²) in [6.07, 6.45) is -0.215. The minimum absolute atomic E-state index is 0.117. The number of nitrogens with one attached hydrogen (secondary N) is 1. The van der Waals surface area contributed by atoms with E-state index in [1.807, 2.05) is 0 Å². The fourth-order valence-corrected chi connectivity index (χ4v) is 0.704. The Morgan fingerprint density at radius 3 is 2.55 bits per heavy atom. The van der Waals surface area contributed by atoms with Gasteiger partial charge in [0, 0.05) is 12.3 Å². The molecule has 0 aromatic carbocycles. The summed E-state index contributed by atoms with van der Waals surface area (Å²) in [5.74, 6) is 0.201. The van der Waals surface area contributed by atoms with E-state index in [2.05, 4.69) is 5.32 Å². The fourth-order valence-electron chi connectivity index (χ4n) is 0.533. The van der Waals surface area contributed by atoms with Gasteiger partial charge in [-0.05, 0) is 13.8 Å². The van der Waals surface area contributed by atoms with Crippen LogP contribution in [0.15, 0.2) is 0 Å². The molecule has 0 bridgehead atoms. The molecule has 0 aromatic rings. The molecule has 11 heavy (non-hydrogen) atoms. The van der Waals surface area contributed by atoms with E-state index >= 15 is 0 Å². The lowest BCUT2D eigenvalue weighted by Gasteiger charge is -2.15. The minimum atomic E-state index is -0.519. The summed E-state index contributed by atoms with van der Waals surface area (Å²) in [7, 11) is 0. The van der Waals surface area contributed by atoms with Crippen molar-refractivity contribution in [2.75, 3.05) is 5.88 Å². The Bertz CT molecular complexity index is 128. The smallest absolute Gasteiger partial charge is 0.221 e. The van der Waals surface area contributed by atoms with Gasteiger partial charge in [-0.15, -0.1) is 11.6 Å². The molecular weight excluding hydrogens is 166 g/mol. The maximum Gasteiger partial charge on any atom is 0.221 e. The maximum atomic E-state index is 10.9. The van der Waals surface area contributed by atoms with Crippen molar-refractivity contribution in [3.05, 3.63) is 0 Å². The number of halogens is 1. The summed E-state index contributed by atoms with van der Waals surface area (Å²) in [4.78, 5) is 10.9. The van der Waals surface area contributed by atoms with Crippen LogP contribution >= 0.6 is 11.6 Å². The Hall–Kier alpha value is -0.280. The molecule has 1 amide bonds. The zero-order valence-corrected chi connectivity index (χ0v) is 7.56. The molecule has 2 unspecified atom stereocenters. The topological polar surface area (TPSA) is 49.3 Å². The SMILES string of the molecule is CC(O)C(C)NC(=O)CCCl. The summed E-state index contributed by atoms with van der Waals surface area (Å²) in [6.45, 7) is 3.38.